The first-order chi connectivity index (χ1) is 18.9. The summed E-state index contributed by atoms with van der Waals surface area (Å²) in [7, 11) is 1.30. The van der Waals surface area contributed by atoms with E-state index >= 15 is 0 Å². The SMILES string of the molecule is Cc1cc(F)ccc1[C@H]1CN(C(=O)NC[C@H](C)O)CC[C@@H]1C(=O)N(C)[C@@H](C)c1cc(C(F)(F)F)cc(C(F)(F)F)c1. The number of carbonyl (C=O) groups excluding carboxylic acids is 2. The number of aliphatic hydroxyl groups is 1. The molecule has 6 nitrogen and oxygen atoms in total. The van der Waals surface area contributed by atoms with E-state index in [0.29, 0.717) is 23.3 Å². The lowest BCUT2D eigenvalue weighted by atomic mass is 9.78. The molecule has 0 aliphatic carbocycles. The Labute approximate surface area is 233 Å². The quantitative estimate of drug-likeness (QED) is 0.412. The molecule has 2 aromatic rings. The van der Waals surface area contributed by atoms with Crippen LogP contribution in [0.15, 0.2) is 36.4 Å². The second-order valence-electron chi connectivity index (χ2n) is 10.4. The topological polar surface area (TPSA) is 72.9 Å². The average Bonchev–Trinajstić information content (AvgIpc) is 2.89. The lowest BCUT2D eigenvalue weighted by Gasteiger charge is -2.41. The van der Waals surface area contributed by atoms with E-state index in [1.165, 1.54) is 44.0 Å². The van der Waals surface area contributed by atoms with Crippen LogP contribution in [-0.2, 0) is 17.1 Å². The smallest absolute Gasteiger partial charge is 0.392 e. The van der Waals surface area contributed by atoms with Gasteiger partial charge < -0.3 is 20.2 Å². The third-order valence-corrected chi connectivity index (χ3v) is 7.42. The van der Waals surface area contributed by atoms with Crippen molar-refractivity contribution in [2.24, 2.45) is 5.92 Å². The second kappa shape index (κ2) is 12.3. The maximum Gasteiger partial charge on any atom is 0.416 e. The van der Waals surface area contributed by atoms with Gasteiger partial charge in [0.1, 0.15) is 5.82 Å². The molecule has 2 aromatic carbocycles. The molecule has 13 heteroatoms. The minimum Gasteiger partial charge on any atom is -0.392 e. The summed E-state index contributed by atoms with van der Waals surface area (Å²) in [4.78, 5) is 29.1. The molecule has 1 saturated heterocycles. The molecule has 4 atom stereocenters. The van der Waals surface area contributed by atoms with Gasteiger partial charge in [0.25, 0.3) is 0 Å². The van der Waals surface area contributed by atoms with Crippen LogP contribution in [0.25, 0.3) is 0 Å². The average molecular weight is 592 g/mol. The summed E-state index contributed by atoms with van der Waals surface area (Å²) in [5, 5.41) is 12.1. The van der Waals surface area contributed by atoms with E-state index in [1.54, 1.807) is 6.92 Å². The first-order valence-corrected chi connectivity index (χ1v) is 12.9. The second-order valence-corrected chi connectivity index (χ2v) is 10.4. The van der Waals surface area contributed by atoms with Gasteiger partial charge in [-0.15, -0.1) is 0 Å². The first-order valence-electron chi connectivity index (χ1n) is 12.9. The molecule has 226 valence electrons. The number of aliphatic hydroxyl groups excluding tert-OH is 1. The largest absolute Gasteiger partial charge is 0.416 e. The number of likely N-dealkylation sites (tertiary alicyclic amines) is 1. The number of hydrogen-bond acceptors (Lipinski definition) is 3. The van der Waals surface area contributed by atoms with Gasteiger partial charge >= 0.3 is 18.4 Å². The molecule has 0 saturated carbocycles. The van der Waals surface area contributed by atoms with Gasteiger partial charge in [-0.3, -0.25) is 4.79 Å². The van der Waals surface area contributed by atoms with Crippen LogP contribution in [0.4, 0.5) is 35.5 Å². The Kier molecular flexibility index (Phi) is 9.62. The first kappa shape index (κ1) is 32.2. The number of rotatable bonds is 6. The van der Waals surface area contributed by atoms with Crippen molar-refractivity contribution in [1.29, 1.82) is 0 Å². The molecule has 1 aliphatic heterocycles. The van der Waals surface area contributed by atoms with Crippen LogP contribution in [0.1, 0.15) is 60.0 Å². The van der Waals surface area contributed by atoms with E-state index in [1.807, 2.05) is 0 Å². The summed E-state index contributed by atoms with van der Waals surface area (Å²) in [6, 6.07) is 3.57. The zero-order chi connectivity index (χ0) is 30.9. The van der Waals surface area contributed by atoms with E-state index in [0.717, 1.165) is 4.90 Å². The third kappa shape index (κ3) is 7.69. The molecule has 1 aliphatic rings. The Hall–Kier alpha value is -3.35. The van der Waals surface area contributed by atoms with Crippen LogP contribution in [0, 0.1) is 18.7 Å². The molecular formula is C28H32F7N3O3. The van der Waals surface area contributed by atoms with Crippen molar-refractivity contribution in [3.8, 4) is 0 Å². The number of benzene rings is 2. The Morgan fingerprint density at radius 1 is 1.05 bits per heavy atom. The van der Waals surface area contributed by atoms with Gasteiger partial charge in [-0.2, -0.15) is 26.3 Å². The molecule has 41 heavy (non-hydrogen) atoms. The lowest BCUT2D eigenvalue weighted by molar-refractivity contribution is -0.143. The zero-order valence-electron chi connectivity index (χ0n) is 22.9. The molecule has 2 N–H and O–H groups in total. The number of alkyl halides is 6. The molecule has 0 bridgehead atoms. The van der Waals surface area contributed by atoms with Crippen LogP contribution in [0.5, 0.6) is 0 Å². The van der Waals surface area contributed by atoms with Crippen molar-refractivity contribution in [1.82, 2.24) is 15.1 Å². The number of nitrogens with one attached hydrogen (secondary N) is 1. The van der Waals surface area contributed by atoms with Gasteiger partial charge in [0.2, 0.25) is 5.91 Å². The molecular weight excluding hydrogens is 559 g/mol. The Balaban J connectivity index is 1.95. The number of carbonyl (C=O) groups is 2. The van der Waals surface area contributed by atoms with E-state index in [9.17, 15) is 45.4 Å². The van der Waals surface area contributed by atoms with E-state index in [2.05, 4.69) is 5.32 Å². The minimum atomic E-state index is -5.04. The Morgan fingerprint density at radius 2 is 1.63 bits per heavy atom. The highest BCUT2D eigenvalue weighted by atomic mass is 19.4. The number of urea groups is 1. The number of hydrogen-bond donors (Lipinski definition) is 2. The van der Waals surface area contributed by atoms with Crippen molar-refractivity contribution in [3.63, 3.8) is 0 Å². The van der Waals surface area contributed by atoms with Crippen molar-refractivity contribution in [2.75, 3.05) is 26.7 Å². The summed E-state index contributed by atoms with van der Waals surface area (Å²) < 4.78 is 94.5. The predicted molar refractivity (Wildman–Crippen MR) is 136 cm³/mol. The van der Waals surface area contributed by atoms with E-state index in [-0.39, 0.29) is 37.7 Å². The van der Waals surface area contributed by atoms with E-state index < -0.39 is 65.2 Å². The number of nitrogens with zero attached hydrogens (tertiary/aromatic N) is 2. The summed E-state index contributed by atoms with van der Waals surface area (Å²) in [6.07, 6.45) is -10.7. The number of amides is 3. The highest BCUT2D eigenvalue weighted by Crippen LogP contribution is 2.40. The van der Waals surface area contributed by atoms with Gasteiger partial charge in [0, 0.05) is 38.5 Å². The normalized spacial score (nSPS) is 19.5. The van der Waals surface area contributed by atoms with Gasteiger partial charge in [-0.1, -0.05) is 6.07 Å². The lowest BCUT2D eigenvalue weighted by Crippen LogP contribution is -2.51. The molecule has 0 aromatic heterocycles. The summed E-state index contributed by atoms with van der Waals surface area (Å²) >= 11 is 0. The van der Waals surface area contributed by atoms with Crippen LogP contribution in [0.2, 0.25) is 0 Å². The minimum absolute atomic E-state index is 0.00487. The van der Waals surface area contributed by atoms with Crippen LogP contribution < -0.4 is 5.32 Å². The molecule has 3 amide bonds. The van der Waals surface area contributed by atoms with Gasteiger partial charge in [-0.25, -0.2) is 9.18 Å². The molecule has 1 heterocycles. The van der Waals surface area contributed by atoms with Gasteiger partial charge in [-0.05, 0) is 74.2 Å². The molecule has 0 unspecified atom stereocenters. The monoisotopic (exact) mass is 591 g/mol. The highest BCUT2D eigenvalue weighted by molar-refractivity contribution is 5.81. The van der Waals surface area contributed by atoms with E-state index in [4.69, 9.17) is 0 Å². The maximum atomic E-state index is 13.9. The summed E-state index contributed by atoms with van der Waals surface area (Å²) in [6.45, 7) is 4.63. The van der Waals surface area contributed by atoms with Crippen LogP contribution >= 0.6 is 0 Å². The standard InChI is InChI=1S/C28H32F7N3O3/c1-15-9-21(29)5-6-22(15)24-14-38(26(41)36-13-16(2)39)8-7-23(24)25(40)37(4)17(3)18-10-19(27(30,31)32)12-20(11-18)28(33,34)35/h5-6,9-12,16-17,23-24,39H,7-8,13-14H2,1-4H3,(H,36,41)/t16-,17-,23-,24+/m0/s1. The van der Waals surface area contributed by atoms with Crippen molar-refractivity contribution >= 4 is 11.9 Å². The summed E-state index contributed by atoms with van der Waals surface area (Å²) in [5.74, 6) is -2.50. The fraction of sp³-hybridized carbons (Fsp3) is 0.500. The highest BCUT2D eigenvalue weighted by Gasteiger charge is 2.41. The maximum absolute atomic E-state index is 13.9. The van der Waals surface area contributed by atoms with Crippen molar-refractivity contribution in [2.45, 2.75) is 57.6 Å². The van der Waals surface area contributed by atoms with Crippen LogP contribution in [0.3, 0.4) is 0 Å². The third-order valence-electron chi connectivity index (χ3n) is 7.42. The fourth-order valence-corrected chi connectivity index (χ4v) is 5.05. The van der Waals surface area contributed by atoms with Crippen molar-refractivity contribution < 1.29 is 45.4 Å². The Bertz CT molecular complexity index is 1230. The van der Waals surface area contributed by atoms with Crippen LogP contribution in [-0.4, -0.2) is 59.6 Å². The predicted octanol–water partition coefficient (Wildman–Crippen LogP) is 5.89. The summed E-state index contributed by atoms with van der Waals surface area (Å²) in [5.41, 5.74) is -2.20. The molecule has 3 rings (SSSR count). The number of aryl methyl sites for hydroxylation is 1. The fourth-order valence-electron chi connectivity index (χ4n) is 5.05. The zero-order valence-corrected chi connectivity index (χ0v) is 22.9. The van der Waals surface area contributed by atoms with Gasteiger partial charge in [0.05, 0.1) is 23.3 Å². The Morgan fingerprint density at radius 3 is 2.15 bits per heavy atom. The number of piperidine rings is 1. The van der Waals surface area contributed by atoms with Crippen molar-refractivity contribution in [3.05, 3.63) is 70.0 Å². The van der Waals surface area contributed by atoms with Gasteiger partial charge in [0.15, 0.2) is 0 Å². The number of halogens is 7. The molecule has 0 spiro atoms. The molecule has 0 radical (unpaired) electrons. The molecule has 1 fully saturated rings.